The molecule has 1 unspecified atom stereocenters. The number of fused-ring (bicyclic) bond motifs is 1. The molecule has 38 heavy (non-hydrogen) atoms. The Morgan fingerprint density at radius 2 is 1.66 bits per heavy atom. The molecular formula is C29H33N3O5S. The van der Waals surface area contributed by atoms with Crippen LogP contribution < -0.4 is 14.4 Å². The molecule has 0 bridgehead atoms. The van der Waals surface area contributed by atoms with Crippen LogP contribution in [-0.4, -0.2) is 58.2 Å². The second-order valence-electron chi connectivity index (χ2n) is 9.85. The molecule has 8 nitrogen and oxygen atoms in total. The molecule has 1 N–H and O–H groups in total. The Morgan fingerprint density at radius 3 is 2.42 bits per heavy atom. The van der Waals surface area contributed by atoms with Crippen LogP contribution in [0.15, 0.2) is 71.6 Å². The highest BCUT2D eigenvalue weighted by Crippen LogP contribution is 2.37. The quantitative estimate of drug-likeness (QED) is 0.499. The zero-order valence-electron chi connectivity index (χ0n) is 21.7. The summed E-state index contributed by atoms with van der Waals surface area (Å²) in [5.41, 5.74) is 4.45. The van der Waals surface area contributed by atoms with E-state index in [1.54, 1.807) is 36.4 Å². The van der Waals surface area contributed by atoms with Crippen LogP contribution in [0.25, 0.3) is 0 Å². The standard InChI is InChI=1S/C29H33N3O5S/c1-21-6-9-25(10-7-21)38(34,35)32-20-28(37-27-16-22(2)8-11-26(27)32)29(33)30-18-23-4-3-5-24(17-23)19-31-12-14-36-15-13-31/h3-11,16-17,28H,12-15,18-20H2,1-2H3,(H,30,33). The molecule has 2 aliphatic heterocycles. The number of morpholine rings is 1. The minimum Gasteiger partial charge on any atom is -0.476 e. The topological polar surface area (TPSA) is 88.2 Å². The fourth-order valence-electron chi connectivity index (χ4n) is 4.72. The van der Waals surface area contributed by atoms with Gasteiger partial charge in [0.05, 0.1) is 30.3 Å². The van der Waals surface area contributed by atoms with Crippen LogP contribution in [0.1, 0.15) is 22.3 Å². The number of sulfonamides is 1. The maximum Gasteiger partial charge on any atom is 0.264 e. The third kappa shape index (κ3) is 5.85. The molecule has 1 amide bonds. The second-order valence-corrected chi connectivity index (χ2v) is 11.7. The van der Waals surface area contributed by atoms with Crippen LogP contribution in [0.5, 0.6) is 5.75 Å². The van der Waals surface area contributed by atoms with E-state index in [0.29, 0.717) is 18.0 Å². The largest absolute Gasteiger partial charge is 0.476 e. The first-order chi connectivity index (χ1) is 18.3. The van der Waals surface area contributed by atoms with E-state index < -0.39 is 16.1 Å². The zero-order chi connectivity index (χ0) is 26.7. The summed E-state index contributed by atoms with van der Waals surface area (Å²) in [5.74, 6) is 0.0134. The average molecular weight is 536 g/mol. The molecule has 1 fully saturated rings. The Labute approximate surface area is 224 Å². The van der Waals surface area contributed by atoms with Crippen molar-refractivity contribution in [2.24, 2.45) is 0 Å². The van der Waals surface area contributed by atoms with Gasteiger partial charge in [0.2, 0.25) is 0 Å². The number of carbonyl (C=O) groups is 1. The summed E-state index contributed by atoms with van der Waals surface area (Å²) >= 11 is 0. The van der Waals surface area contributed by atoms with Crippen molar-refractivity contribution in [1.82, 2.24) is 10.2 Å². The third-order valence-corrected chi connectivity index (χ3v) is 8.65. The van der Waals surface area contributed by atoms with E-state index in [1.165, 1.54) is 9.87 Å². The lowest BCUT2D eigenvalue weighted by Crippen LogP contribution is -2.50. The normalized spacial score (nSPS) is 17.9. The molecule has 0 aliphatic carbocycles. The van der Waals surface area contributed by atoms with Crippen molar-refractivity contribution in [3.63, 3.8) is 0 Å². The zero-order valence-corrected chi connectivity index (χ0v) is 22.5. The Kier molecular flexibility index (Phi) is 7.69. The lowest BCUT2D eigenvalue weighted by molar-refractivity contribution is -0.127. The average Bonchev–Trinajstić information content (AvgIpc) is 2.92. The van der Waals surface area contributed by atoms with E-state index in [2.05, 4.69) is 22.3 Å². The van der Waals surface area contributed by atoms with Crippen molar-refractivity contribution in [2.45, 2.75) is 37.9 Å². The SMILES string of the molecule is Cc1ccc(S(=O)(=O)N2CC(C(=O)NCc3cccc(CN4CCOCC4)c3)Oc3cc(C)ccc32)cc1. The molecule has 0 saturated carbocycles. The highest BCUT2D eigenvalue weighted by atomic mass is 32.2. The van der Waals surface area contributed by atoms with Gasteiger partial charge in [-0.15, -0.1) is 0 Å². The lowest BCUT2D eigenvalue weighted by Gasteiger charge is -2.35. The molecule has 5 rings (SSSR count). The minimum atomic E-state index is -3.90. The number of nitrogens with zero attached hydrogens (tertiary/aromatic N) is 2. The van der Waals surface area contributed by atoms with Gasteiger partial charge in [-0.2, -0.15) is 0 Å². The Bertz CT molecular complexity index is 1400. The molecule has 0 aromatic heterocycles. The van der Waals surface area contributed by atoms with Crippen LogP contribution in [0, 0.1) is 13.8 Å². The van der Waals surface area contributed by atoms with Gasteiger partial charge >= 0.3 is 0 Å². The first-order valence-corrected chi connectivity index (χ1v) is 14.3. The molecule has 0 spiro atoms. The van der Waals surface area contributed by atoms with E-state index >= 15 is 0 Å². The molecule has 2 heterocycles. The van der Waals surface area contributed by atoms with Crippen molar-refractivity contribution < 1.29 is 22.7 Å². The summed E-state index contributed by atoms with van der Waals surface area (Å²) in [4.78, 5) is 15.8. The number of hydrogen-bond acceptors (Lipinski definition) is 6. The maximum atomic E-state index is 13.6. The fraction of sp³-hybridized carbons (Fsp3) is 0.345. The van der Waals surface area contributed by atoms with Gasteiger partial charge in [-0.1, -0.05) is 48.0 Å². The number of benzene rings is 3. The molecule has 1 atom stereocenters. The molecule has 9 heteroatoms. The molecule has 2 aliphatic rings. The van der Waals surface area contributed by atoms with Gasteiger partial charge in [-0.3, -0.25) is 14.0 Å². The maximum absolute atomic E-state index is 13.6. The number of carbonyl (C=O) groups excluding carboxylic acids is 1. The van der Waals surface area contributed by atoms with Crippen molar-refractivity contribution in [3.8, 4) is 5.75 Å². The predicted octanol–water partition coefficient (Wildman–Crippen LogP) is 3.41. The number of amides is 1. The molecule has 3 aromatic rings. The Balaban J connectivity index is 1.31. The first kappa shape index (κ1) is 26.2. The number of aryl methyl sites for hydroxylation is 2. The van der Waals surface area contributed by atoms with E-state index in [9.17, 15) is 13.2 Å². The monoisotopic (exact) mass is 535 g/mol. The van der Waals surface area contributed by atoms with Crippen molar-refractivity contribution >= 4 is 21.6 Å². The number of anilines is 1. The second kappa shape index (κ2) is 11.1. The van der Waals surface area contributed by atoms with Crippen LogP contribution >= 0.6 is 0 Å². The number of rotatable bonds is 7. The highest BCUT2D eigenvalue weighted by Gasteiger charge is 2.37. The fourth-order valence-corrected chi connectivity index (χ4v) is 6.20. The molecule has 0 radical (unpaired) electrons. The summed E-state index contributed by atoms with van der Waals surface area (Å²) < 4.78 is 40.0. The van der Waals surface area contributed by atoms with Crippen LogP contribution in [0.2, 0.25) is 0 Å². The molecule has 200 valence electrons. The number of nitrogens with one attached hydrogen (secondary N) is 1. The third-order valence-electron chi connectivity index (χ3n) is 6.85. The Morgan fingerprint density at radius 1 is 0.947 bits per heavy atom. The molecule has 3 aromatic carbocycles. The summed E-state index contributed by atoms with van der Waals surface area (Å²) in [6, 6.07) is 20.2. The summed E-state index contributed by atoms with van der Waals surface area (Å²) in [7, 11) is -3.90. The van der Waals surface area contributed by atoms with Crippen molar-refractivity contribution in [1.29, 1.82) is 0 Å². The van der Waals surface area contributed by atoms with Gasteiger partial charge in [0.25, 0.3) is 15.9 Å². The van der Waals surface area contributed by atoms with Gasteiger partial charge in [0, 0.05) is 26.2 Å². The van der Waals surface area contributed by atoms with Crippen LogP contribution in [-0.2, 0) is 32.6 Å². The van der Waals surface area contributed by atoms with Gasteiger partial charge in [0.1, 0.15) is 5.75 Å². The van der Waals surface area contributed by atoms with Crippen molar-refractivity contribution in [2.75, 3.05) is 37.2 Å². The van der Waals surface area contributed by atoms with Crippen LogP contribution in [0.4, 0.5) is 5.69 Å². The van der Waals surface area contributed by atoms with Gasteiger partial charge < -0.3 is 14.8 Å². The van der Waals surface area contributed by atoms with Gasteiger partial charge in [0.15, 0.2) is 6.10 Å². The molecule has 1 saturated heterocycles. The van der Waals surface area contributed by atoms with Crippen molar-refractivity contribution in [3.05, 3.63) is 89.0 Å². The summed E-state index contributed by atoms with van der Waals surface area (Å²) in [6.07, 6.45) is -0.985. The number of ether oxygens (including phenoxy) is 2. The summed E-state index contributed by atoms with van der Waals surface area (Å²) in [5, 5.41) is 2.95. The van der Waals surface area contributed by atoms with E-state index in [0.717, 1.165) is 49.5 Å². The predicted molar refractivity (Wildman–Crippen MR) is 146 cm³/mol. The van der Waals surface area contributed by atoms with E-state index in [4.69, 9.17) is 9.47 Å². The van der Waals surface area contributed by atoms with E-state index in [-0.39, 0.29) is 17.3 Å². The first-order valence-electron chi connectivity index (χ1n) is 12.8. The highest BCUT2D eigenvalue weighted by molar-refractivity contribution is 7.92. The summed E-state index contributed by atoms with van der Waals surface area (Å²) in [6.45, 7) is 8.14. The van der Waals surface area contributed by atoms with Gasteiger partial charge in [-0.05, 0) is 54.8 Å². The molecular weight excluding hydrogens is 502 g/mol. The van der Waals surface area contributed by atoms with Crippen LogP contribution in [0.3, 0.4) is 0 Å². The van der Waals surface area contributed by atoms with Gasteiger partial charge in [-0.25, -0.2) is 8.42 Å². The van der Waals surface area contributed by atoms with E-state index in [1.807, 2.05) is 32.0 Å². The smallest absolute Gasteiger partial charge is 0.264 e. The lowest BCUT2D eigenvalue weighted by atomic mass is 10.1. The number of hydrogen-bond donors (Lipinski definition) is 1. The minimum absolute atomic E-state index is 0.116. The Hall–Kier alpha value is -3.40.